The minimum absolute atomic E-state index is 0.0366. The first kappa shape index (κ1) is 17.7. The molecule has 0 saturated carbocycles. The highest BCUT2D eigenvalue weighted by Crippen LogP contribution is 2.15. The number of nitrogens with one attached hydrogen (secondary N) is 1. The van der Waals surface area contributed by atoms with E-state index < -0.39 is 0 Å². The fourth-order valence-electron chi connectivity index (χ4n) is 2.81. The summed E-state index contributed by atoms with van der Waals surface area (Å²) in [6.45, 7) is 2.85. The number of carbonyl (C=O) groups is 2. The Hall–Kier alpha value is -3.09. The third-order valence-corrected chi connectivity index (χ3v) is 4.39. The zero-order chi connectivity index (χ0) is 18.4. The minimum Gasteiger partial charge on any atom is -0.497 e. The number of hydrogen-bond donors (Lipinski definition) is 1. The number of carbonyl (C=O) groups excluding carboxylic acids is 2. The molecule has 1 aromatic carbocycles. The number of benzene rings is 1. The molecule has 2 amide bonds. The van der Waals surface area contributed by atoms with Crippen LogP contribution in [-0.4, -0.2) is 60.4 Å². The van der Waals surface area contributed by atoms with Crippen molar-refractivity contribution in [2.24, 2.45) is 0 Å². The molecule has 136 valence electrons. The smallest absolute Gasteiger partial charge is 0.254 e. The molecule has 1 fully saturated rings. The molecule has 2 aromatic rings. The second kappa shape index (κ2) is 8.33. The molecule has 1 N–H and O–H groups in total. The number of piperazine rings is 1. The number of nitrogens with zero attached hydrogens (tertiary/aromatic N) is 3. The molecule has 3 rings (SSSR count). The molecular weight excluding hydrogens is 332 g/mol. The number of aromatic nitrogens is 1. The summed E-state index contributed by atoms with van der Waals surface area (Å²) in [5.41, 5.74) is 1.69. The fourth-order valence-corrected chi connectivity index (χ4v) is 2.81. The molecule has 7 nitrogen and oxygen atoms in total. The molecule has 1 aromatic heterocycles. The fraction of sp³-hybridized carbons (Fsp3) is 0.316. The van der Waals surface area contributed by atoms with Crippen LogP contribution in [0.5, 0.6) is 5.75 Å². The number of hydrogen-bond acceptors (Lipinski definition) is 5. The summed E-state index contributed by atoms with van der Waals surface area (Å²) in [4.78, 5) is 31.1. The molecule has 2 heterocycles. The number of methoxy groups -OCH3 is 1. The van der Waals surface area contributed by atoms with Gasteiger partial charge in [0.2, 0.25) is 6.41 Å². The maximum absolute atomic E-state index is 12.6. The van der Waals surface area contributed by atoms with Crippen LogP contribution >= 0.6 is 0 Å². The van der Waals surface area contributed by atoms with Crippen molar-refractivity contribution in [1.29, 1.82) is 0 Å². The Morgan fingerprint density at radius 2 is 1.92 bits per heavy atom. The zero-order valence-corrected chi connectivity index (χ0v) is 14.7. The van der Waals surface area contributed by atoms with Gasteiger partial charge in [-0.3, -0.25) is 9.59 Å². The molecular formula is C19H22N4O3. The van der Waals surface area contributed by atoms with Gasteiger partial charge in [-0.15, -0.1) is 0 Å². The van der Waals surface area contributed by atoms with E-state index in [1.54, 1.807) is 35.2 Å². The van der Waals surface area contributed by atoms with Crippen molar-refractivity contribution in [3.63, 3.8) is 0 Å². The third-order valence-electron chi connectivity index (χ3n) is 4.39. The van der Waals surface area contributed by atoms with Gasteiger partial charge in [-0.05, 0) is 29.8 Å². The molecule has 0 bridgehead atoms. The van der Waals surface area contributed by atoms with Crippen LogP contribution in [0.25, 0.3) is 0 Å². The number of pyridine rings is 1. The van der Waals surface area contributed by atoms with Crippen LogP contribution in [0.3, 0.4) is 0 Å². The highest BCUT2D eigenvalue weighted by Gasteiger charge is 2.21. The van der Waals surface area contributed by atoms with E-state index >= 15 is 0 Å². The van der Waals surface area contributed by atoms with Crippen molar-refractivity contribution < 1.29 is 14.3 Å². The number of amides is 2. The van der Waals surface area contributed by atoms with E-state index in [-0.39, 0.29) is 5.91 Å². The van der Waals surface area contributed by atoms with Gasteiger partial charge >= 0.3 is 0 Å². The lowest BCUT2D eigenvalue weighted by Crippen LogP contribution is -2.48. The largest absolute Gasteiger partial charge is 0.497 e. The van der Waals surface area contributed by atoms with Crippen LogP contribution in [0.15, 0.2) is 42.6 Å². The third kappa shape index (κ3) is 4.30. The molecule has 26 heavy (non-hydrogen) atoms. The van der Waals surface area contributed by atoms with Gasteiger partial charge in [-0.2, -0.15) is 0 Å². The Kier molecular flexibility index (Phi) is 5.68. The van der Waals surface area contributed by atoms with E-state index in [1.807, 2.05) is 24.3 Å². The average molecular weight is 354 g/mol. The number of ether oxygens (including phenoxy) is 1. The van der Waals surface area contributed by atoms with E-state index in [2.05, 4.69) is 10.3 Å². The van der Waals surface area contributed by atoms with Crippen molar-refractivity contribution in [2.75, 3.05) is 38.6 Å². The summed E-state index contributed by atoms with van der Waals surface area (Å²) in [6.07, 6.45) is 2.46. The molecule has 7 heteroatoms. The van der Waals surface area contributed by atoms with Gasteiger partial charge in [0.15, 0.2) is 0 Å². The summed E-state index contributed by atoms with van der Waals surface area (Å²) in [5, 5.41) is 3.24. The number of rotatable bonds is 6. The lowest BCUT2D eigenvalue weighted by atomic mass is 10.2. The van der Waals surface area contributed by atoms with Crippen LogP contribution in [0, 0.1) is 0 Å². The van der Waals surface area contributed by atoms with Crippen molar-refractivity contribution in [2.45, 2.75) is 6.54 Å². The van der Waals surface area contributed by atoms with E-state index in [1.165, 1.54) is 0 Å². The Labute approximate surface area is 152 Å². The van der Waals surface area contributed by atoms with Gasteiger partial charge in [0.1, 0.15) is 11.6 Å². The first-order chi connectivity index (χ1) is 12.7. The van der Waals surface area contributed by atoms with Gasteiger partial charge in [0, 0.05) is 44.5 Å². The molecule has 1 aliphatic rings. The molecule has 0 aliphatic carbocycles. The first-order valence-electron chi connectivity index (χ1n) is 8.51. The van der Waals surface area contributed by atoms with Crippen LogP contribution in [-0.2, 0) is 11.3 Å². The van der Waals surface area contributed by atoms with Crippen molar-refractivity contribution in [1.82, 2.24) is 14.8 Å². The van der Waals surface area contributed by atoms with Gasteiger partial charge in [-0.25, -0.2) is 4.98 Å². The van der Waals surface area contributed by atoms with Crippen LogP contribution in [0.4, 0.5) is 5.82 Å². The second-order valence-electron chi connectivity index (χ2n) is 6.06. The SMILES string of the molecule is COc1ccc(CNc2cc(C(=O)N3CCN(C=O)CC3)ccn2)cc1. The Morgan fingerprint density at radius 1 is 1.19 bits per heavy atom. The van der Waals surface area contributed by atoms with E-state index in [4.69, 9.17) is 4.74 Å². The quantitative estimate of drug-likeness (QED) is 0.798. The standard InChI is InChI=1S/C19H22N4O3/c1-26-17-4-2-15(3-5-17)13-21-18-12-16(6-7-20-18)19(25)23-10-8-22(14-24)9-11-23/h2-7,12,14H,8-11,13H2,1H3,(H,20,21). The van der Waals surface area contributed by atoms with Crippen molar-refractivity contribution in [3.8, 4) is 5.75 Å². The Balaban J connectivity index is 1.60. The lowest BCUT2D eigenvalue weighted by molar-refractivity contribution is -0.119. The first-order valence-corrected chi connectivity index (χ1v) is 8.51. The molecule has 0 radical (unpaired) electrons. The lowest BCUT2D eigenvalue weighted by Gasteiger charge is -2.32. The van der Waals surface area contributed by atoms with Crippen LogP contribution in [0.1, 0.15) is 15.9 Å². The highest BCUT2D eigenvalue weighted by atomic mass is 16.5. The van der Waals surface area contributed by atoms with Gasteiger partial charge in [-0.1, -0.05) is 12.1 Å². The predicted octanol–water partition coefficient (Wildman–Crippen LogP) is 1.62. The van der Waals surface area contributed by atoms with Crippen molar-refractivity contribution in [3.05, 3.63) is 53.7 Å². The maximum Gasteiger partial charge on any atom is 0.254 e. The van der Waals surface area contributed by atoms with Crippen LogP contribution < -0.4 is 10.1 Å². The van der Waals surface area contributed by atoms with E-state index in [9.17, 15) is 9.59 Å². The molecule has 0 unspecified atom stereocenters. The van der Waals surface area contributed by atoms with Gasteiger partial charge in [0.25, 0.3) is 5.91 Å². The summed E-state index contributed by atoms with van der Waals surface area (Å²) in [6, 6.07) is 11.2. The molecule has 0 atom stereocenters. The zero-order valence-electron chi connectivity index (χ0n) is 14.7. The molecule has 1 saturated heterocycles. The summed E-state index contributed by atoms with van der Waals surface area (Å²) < 4.78 is 5.15. The van der Waals surface area contributed by atoms with Crippen molar-refractivity contribution >= 4 is 18.1 Å². The monoisotopic (exact) mass is 354 g/mol. The normalized spacial score (nSPS) is 14.0. The summed E-state index contributed by atoms with van der Waals surface area (Å²) in [7, 11) is 1.64. The summed E-state index contributed by atoms with van der Waals surface area (Å²) >= 11 is 0. The average Bonchev–Trinajstić information content (AvgIpc) is 2.72. The second-order valence-corrected chi connectivity index (χ2v) is 6.06. The molecule has 1 aliphatic heterocycles. The van der Waals surface area contributed by atoms with Gasteiger partial charge < -0.3 is 19.9 Å². The number of anilines is 1. The Morgan fingerprint density at radius 3 is 2.58 bits per heavy atom. The van der Waals surface area contributed by atoms with Crippen LogP contribution in [0.2, 0.25) is 0 Å². The van der Waals surface area contributed by atoms with Gasteiger partial charge in [0.05, 0.1) is 7.11 Å². The predicted molar refractivity (Wildman–Crippen MR) is 98.1 cm³/mol. The molecule has 0 spiro atoms. The summed E-state index contributed by atoms with van der Waals surface area (Å²) in [5.74, 6) is 1.43. The van der Waals surface area contributed by atoms with E-state index in [0.29, 0.717) is 44.1 Å². The maximum atomic E-state index is 12.6. The Bertz CT molecular complexity index is 756. The van der Waals surface area contributed by atoms with E-state index in [0.717, 1.165) is 17.7 Å². The topological polar surface area (TPSA) is 74.8 Å². The highest BCUT2D eigenvalue weighted by molar-refractivity contribution is 5.95. The minimum atomic E-state index is -0.0366.